The Morgan fingerprint density at radius 2 is 1.70 bits per heavy atom. The fourth-order valence-electron chi connectivity index (χ4n) is 1.86. The summed E-state index contributed by atoms with van der Waals surface area (Å²) in [7, 11) is 0. The summed E-state index contributed by atoms with van der Waals surface area (Å²) >= 11 is 11.7. The van der Waals surface area contributed by atoms with Crippen LogP contribution in [0.5, 0.6) is 0 Å². The highest BCUT2D eigenvalue weighted by molar-refractivity contribution is 6.42. The predicted octanol–water partition coefficient (Wildman–Crippen LogP) is 3.40. The van der Waals surface area contributed by atoms with E-state index in [1.165, 1.54) is 0 Å². The third kappa shape index (κ3) is 5.93. The van der Waals surface area contributed by atoms with E-state index >= 15 is 0 Å². The van der Waals surface area contributed by atoms with E-state index in [0.29, 0.717) is 10.0 Å². The fraction of sp³-hybridized carbons (Fsp3) is 0.176. The first-order chi connectivity index (χ1) is 11.0. The highest BCUT2D eigenvalue weighted by atomic mass is 35.5. The minimum absolute atomic E-state index is 0.0737. The summed E-state index contributed by atoms with van der Waals surface area (Å²) in [6.45, 7) is -0.0999. The number of hydrogen-bond donors (Lipinski definition) is 1. The van der Waals surface area contributed by atoms with Crippen LogP contribution < -0.4 is 5.32 Å². The lowest BCUT2D eigenvalue weighted by Gasteiger charge is -2.07. The van der Waals surface area contributed by atoms with E-state index in [2.05, 4.69) is 5.32 Å². The lowest BCUT2D eigenvalue weighted by atomic mass is 10.1. The smallest absolute Gasteiger partial charge is 0.325 e. The van der Waals surface area contributed by atoms with Crippen LogP contribution in [-0.4, -0.2) is 18.4 Å². The van der Waals surface area contributed by atoms with Gasteiger partial charge >= 0.3 is 5.97 Å². The number of amides is 1. The Labute approximate surface area is 144 Å². The van der Waals surface area contributed by atoms with Gasteiger partial charge < -0.3 is 10.1 Å². The largest absolute Gasteiger partial charge is 0.460 e. The molecule has 0 radical (unpaired) electrons. The van der Waals surface area contributed by atoms with Crippen LogP contribution in [0.3, 0.4) is 0 Å². The Balaban J connectivity index is 1.72. The van der Waals surface area contributed by atoms with Crippen LogP contribution >= 0.6 is 23.2 Å². The van der Waals surface area contributed by atoms with Crippen molar-refractivity contribution in [1.82, 2.24) is 5.32 Å². The molecule has 6 heteroatoms. The molecule has 120 valence electrons. The first-order valence-electron chi connectivity index (χ1n) is 6.95. The van der Waals surface area contributed by atoms with E-state index in [0.717, 1.165) is 11.1 Å². The van der Waals surface area contributed by atoms with Gasteiger partial charge in [0.15, 0.2) is 0 Å². The van der Waals surface area contributed by atoms with E-state index in [9.17, 15) is 9.59 Å². The van der Waals surface area contributed by atoms with Crippen molar-refractivity contribution < 1.29 is 14.3 Å². The van der Waals surface area contributed by atoms with E-state index in [-0.39, 0.29) is 25.5 Å². The van der Waals surface area contributed by atoms with Gasteiger partial charge in [0.05, 0.1) is 16.5 Å². The molecule has 2 rings (SSSR count). The third-order valence-corrected chi connectivity index (χ3v) is 3.76. The molecule has 0 bridgehead atoms. The molecule has 0 aliphatic heterocycles. The molecule has 0 fully saturated rings. The Bertz CT molecular complexity index is 689. The van der Waals surface area contributed by atoms with Gasteiger partial charge in [-0.2, -0.15) is 0 Å². The number of carbonyl (C=O) groups excluding carboxylic acids is 2. The molecule has 0 aliphatic carbocycles. The number of rotatable bonds is 6. The van der Waals surface area contributed by atoms with Crippen molar-refractivity contribution in [1.29, 1.82) is 0 Å². The second-order valence-electron chi connectivity index (χ2n) is 4.85. The average Bonchev–Trinajstić information content (AvgIpc) is 2.55. The summed E-state index contributed by atoms with van der Waals surface area (Å²) in [6.07, 6.45) is 0.223. The highest BCUT2D eigenvalue weighted by Crippen LogP contribution is 2.22. The van der Waals surface area contributed by atoms with Crippen molar-refractivity contribution in [2.24, 2.45) is 0 Å². The number of carbonyl (C=O) groups is 2. The van der Waals surface area contributed by atoms with Crippen molar-refractivity contribution in [3.8, 4) is 0 Å². The number of ether oxygens (including phenoxy) is 1. The summed E-state index contributed by atoms with van der Waals surface area (Å²) in [5, 5.41) is 3.37. The molecule has 0 heterocycles. The highest BCUT2D eigenvalue weighted by Gasteiger charge is 2.08. The topological polar surface area (TPSA) is 55.4 Å². The maximum atomic E-state index is 11.7. The van der Waals surface area contributed by atoms with Crippen molar-refractivity contribution >= 4 is 35.1 Å². The maximum absolute atomic E-state index is 11.7. The molecule has 0 unspecified atom stereocenters. The van der Waals surface area contributed by atoms with Gasteiger partial charge in [-0.3, -0.25) is 9.59 Å². The van der Waals surface area contributed by atoms with Gasteiger partial charge in [-0.1, -0.05) is 59.6 Å². The Morgan fingerprint density at radius 1 is 0.957 bits per heavy atom. The first-order valence-corrected chi connectivity index (χ1v) is 7.70. The lowest BCUT2D eigenvalue weighted by molar-refractivity contribution is -0.145. The van der Waals surface area contributed by atoms with E-state index in [1.54, 1.807) is 18.2 Å². The van der Waals surface area contributed by atoms with Crippen LogP contribution in [0.1, 0.15) is 11.1 Å². The molecular weight excluding hydrogens is 337 g/mol. The minimum Gasteiger partial charge on any atom is -0.460 e. The van der Waals surface area contributed by atoms with Crippen LogP contribution in [0.15, 0.2) is 48.5 Å². The molecule has 0 saturated carbocycles. The maximum Gasteiger partial charge on any atom is 0.325 e. The SMILES string of the molecule is O=C(Cc1ccccc1)NCC(=O)OCc1ccc(Cl)c(Cl)c1. The summed E-state index contributed by atoms with van der Waals surface area (Å²) < 4.78 is 5.07. The quantitative estimate of drug-likeness (QED) is 0.811. The second kappa shape index (κ2) is 8.56. The number of esters is 1. The van der Waals surface area contributed by atoms with Crippen molar-refractivity contribution in [2.45, 2.75) is 13.0 Å². The molecule has 0 saturated heterocycles. The van der Waals surface area contributed by atoms with Crippen LogP contribution in [0.25, 0.3) is 0 Å². The normalized spacial score (nSPS) is 10.2. The summed E-state index contributed by atoms with van der Waals surface area (Å²) in [5.41, 5.74) is 1.61. The minimum atomic E-state index is -0.516. The molecule has 0 spiro atoms. The van der Waals surface area contributed by atoms with Crippen LogP contribution in [0, 0.1) is 0 Å². The molecule has 1 amide bonds. The van der Waals surface area contributed by atoms with E-state index < -0.39 is 5.97 Å². The standard InChI is InChI=1S/C17H15Cl2NO3/c18-14-7-6-13(8-15(14)19)11-23-17(22)10-20-16(21)9-12-4-2-1-3-5-12/h1-8H,9-11H2,(H,20,21). The Morgan fingerprint density at radius 3 is 2.39 bits per heavy atom. The fourth-order valence-corrected chi connectivity index (χ4v) is 2.18. The zero-order chi connectivity index (χ0) is 16.7. The molecule has 2 aromatic carbocycles. The number of nitrogens with one attached hydrogen (secondary N) is 1. The number of halogens is 2. The van der Waals surface area contributed by atoms with Gasteiger partial charge in [0.1, 0.15) is 13.2 Å². The second-order valence-corrected chi connectivity index (χ2v) is 5.66. The number of benzene rings is 2. The Hall–Kier alpha value is -2.04. The zero-order valence-corrected chi connectivity index (χ0v) is 13.7. The molecule has 0 aliphatic rings. The van der Waals surface area contributed by atoms with Crippen molar-refractivity contribution in [3.05, 3.63) is 69.7 Å². The van der Waals surface area contributed by atoms with Crippen molar-refractivity contribution in [3.63, 3.8) is 0 Å². The summed E-state index contributed by atoms with van der Waals surface area (Å²) in [4.78, 5) is 23.4. The molecule has 4 nitrogen and oxygen atoms in total. The van der Waals surface area contributed by atoms with Gasteiger partial charge in [-0.05, 0) is 23.3 Å². The van der Waals surface area contributed by atoms with E-state index in [4.69, 9.17) is 27.9 Å². The van der Waals surface area contributed by atoms with Crippen LogP contribution in [0.4, 0.5) is 0 Å². The van der Waals surface area contributed by atoms with Gasteiger partial charge in [0, 0.05) is 0 Å². The molecule has 2 aromatic rings. The van der Waals surface area contributed by atoms with Gasteiger partial charge in [0.2, 0.25) is 5.91 Å². The summed E-state index contributed by atoms with van der Waals surface area (Å²) in [5.74, 6) is -0.750. The lowest BCUT2D eigenvalue weighted by Crippen LogP contribution is -2.31. The van der Waals surface area contributed by atoms with Gasteiger partial charge in [0.25, 0.3) is 0 Å². The number of hydrogen-bond acceptors (Lipinski definition) is 3. The van der Waals surface area contributed by atoms with E-state index in [1.807, 2.05) is 30.3 Å². The monoisotopic (exact) mass is 351 g/mol. The van der Waals surface area contributed by atoms with Crippen LogP contribution in [-0.2, 0) is 27.4 Å². The summed E-state index contributed by atoms with van der Waals surface area (Å²) in [6, 6.07) is 14.3. The zero-order valence-electron chi connectivity index (χ0n) is 12.2. The van der Waals surface area contributed by atoms with Crippen LogP contribution in [0.2, 0.25) is 10.0 Å². The van der Waals surface area contributed by atoms with Crippen molar-refractivity contribution in [2.75, 3.05) is 6.54 Å². The molecule has 23 heavy (non-hydrogen) atoms. The average molecular weight is 352 g/mol. The first kappa shape index (κ1) is 17.3. The molecule has 1 N–H and O–H groups in total. The molecule has 0 atom stereocenters. The third-order valence-electron chi connectivity index (χ3n) is 3.02. The van der Waals surface area contributed by atoms with Gasteiger partial charge in [-0.25, -0.2) is 0 Å². The molecule has 0 aromatic heterocycles. The predicted molar refractivity (Wildman–Crippen MR) is 89.4 cm³/mol. The molecular formula is C17H15Cl2NO3. The Kier molecular flexibility index (Phi) is 6.44. The van der Waals surface area contributed by atoms with Gasteiger partial charge in [-0.15, -0.1) is 0 Å².